The predicted molar refractivity (Wildman–Crippen MR) is 87.1 cm³/mol. The third-order valence-corrected chi connectivity index (χ3v) is 5.17. The van der Waals surface area contributed by atoms with Crippen molar-refractivity contribution >= 4 is 17.3 Å². The maximum atomic E-state index is 11.1. The van der Waals surface area contributed by atoms with E-state index in [0.717, 1.165) is 24.5 Å². The standard InChI is InChI=1S/C17H20N2O2S/c1-12-4-2-5-14(18-12)16(15-6-3-11-22-15)19-9-7-13(8-10-19)17(20)21/h2-6,11,13,16H,7-10H2,1H3,(H,20,21). The molecule has 0 amide bonds. The van der Waals surface area contributed by atoms with Gasteiger partial charge in [0.2, 0.25) is 0 Å². The Bertz CT molecular complexity index is 634. The third kappa shape index (κ3) is 3.20. The first-order chi connectivity index (χ1) is 10.6. The Morgan fingerprint density at radius 1 is 1.32 bits per heavy atom. The fraction of sp³-hybridized carbons (Fsp3) is 0.412. The molecule has 1 aliphatic heterocycles. The van der Waals surface area contributed by atoms with Gasteiger partial charge in [-0.05, 0) is 56.4 Å². The Kier molecular flexibility index (Phi) is 4.55. The highest BCUT2D eigenvalue weighted by atomic mass is 32.1. The van der Waals surface area contributed by atoms with Crippen molar-refractivity contribution in [3.05, 3.63) is 52.0 Å². The molecule has 4 nitrogen and oxygen atoms in total. The summed E-state index contributed by atoms with van der Waals surface area (Å²) in [4.78, 5) is 19.5. The average molecular weight is 316 g/mol. The van der Waals surface area contributed by atoms with E-state index < -0.39 is 5.97 Å². The zero-order chi connectivity index (χ0) is 15.5. The quantitative estimate of drug-likeness (QED) is 0.940. The number of hydrogen-bond acceptors (Lipinski definition) is 4. The second-order valence-corrected chi connectivity index (χ2v) is 6.75. The molecule has 0 radical (unpaired) electrons. The van der Waals surface area contributed by atoms with Gasteiger partial charge in [-0.1, -0.05) is 12.1 Å². The number of likely N-dealkylation sites (tertiary alicyclic amines) is 1. The minimum Gasteiger partial charge on any atom is -0.481 e. The van der Waals surface area contributed by atoms with Gasteiger partial charge in [-0.3, -0.25) is 14.7 Å². The molecule has 0 aliphatic carbocycles. The summed E-state index contributed by atoms with van der Waals surface area (Å²) in [6.07, 6.45) is 1.42. The Balaban J connectivity index is 1.86. The molecule has 2 aromatic rings. The van der Waals surface area contributed by atoms with Crippen LogP contribution in [0.3, 0.4) is 0 Å². The van der Waals surface area contributed by atoms with Gasteiger partial charge in [0.05, 0.1) is 17.7 Å². The van der Waals surface area contributed by atoms with E-state index in [1.807, 2.05) is 19.1 Å². The van der Waals surface area contributed by atoms with Crippen LogP contribution in [0.1, 0.15) is 35.1 Å². The number of pyridine rings is 1. The van der Waals surface area contributed by atoms with Crippen molar-refractivity contribution in [2.24, 2.45) is 5.92 Å². The first-order valence-electron chi connectivity index (χ1n) is 7.59. The minimum atomic E-state index is -0.666. The van der Waals surface area contributed by atoms with Crippen molar-refractivity contribution in [3.8, 4) is 0 Å². The third-order valence-electron chi connectivity index (χ3n) is 4.25. The van der Waals surface area contributed by atoms with Crippen LogP contribution < -0.4 is 0 Å². The molecule has 2 aromatic heterocycles. The Labute approximate surface area is 134 Å². The summed E-state index contributed by atoms with van der Waals surface area (Å²) >= 11 is 1.73. The Morgan fingerprint density at radius 3 is 2.68 bits per heavy atom. The molecule has 22 heavy (non-hydrogen) atoms. The van der Waals surface area contributed by atoms with E-state index in [9.17, 15) is 9.90 Å². The topological polar surface area (TPSA) is 53.4 Å². The maximum Gasteiger partial charge on any atom is 0.306 e. The van der Waals surface area contributed by atoms with E-state index in [1.54, 1.807) is 11.3 Å². The van der Waals surface area contributed by atoms with Gasteiger partial charge in [-0.25, -0.2) is 0 Å². The van der Waals surface area contributed by atoms with Crippen molar-refractivity contribution in [1.82, 2.24) is 9.88 Å². The lowest BCUT2D eigenvalue weighted by Crippen LogP contribution is -2.39. The van der Waals surface area contributed by atoms with Crippen molar-refractivity contribution < 1.29 is 9.90 Å². The molecular weight excluding hydrogens is 296 g/mol. The number of aromatic nitrogens is 1. The number of carboxylic acids is 1. The predicted octanol–water partition coefficient (Wildman–Crippen LogP) is 3.34. The zero-order valence-electron chi connectivity index (χ0n) is 12.6. The summed E-state index contributed by atoms with van der Waals surface area (Å²) in [5.41, 5.74) is 2.07. The first kappa shape index (κ1) is 15.2. The normalized spacial score (nSPS) is 18.2. The monoisotopic (exact) mass is 316 g/mol. The van der Waals surface area contributed by atoms with Crippen LogP contribution >= 0.6 is 11.3 Å². The van der Waals surface area contributed by atoms with Crippen molar-refractivity contribution in [2.45, 2.75) is 25.8 Å². The molecule has 1 atom stereocenters. The zero-order valence-corrected chi connectivity index (χ0v) is 13.4. The van der Waals surface area contributed by atoms with Crippen molar-refractivity contribution in [3.63, 3.8) is 0 Å². The van der Waals surface area contributed by atoms with E-state index in [1.165, 1.54) is 4.88 Å². The van der Waals surface area contributed by atoms with Crippen LogP contribution in [0, 0.1) is 12.8 Å². The highest BCUT2D eigenvalue weighted by Crippen LogP contribution is 2.33. The van der Waals surface area contributed by atoms with E-state index in [2.05, 4.69) is 28.5 Å². The summed E-state index contributed by atoms with van der Waals surface area (Å²) in [6.45, 7) is 3.61. The molecule has 5 heteroatoms. The summed E-state index contributed by atoms with van der Waals surface area (Å²) in [7, 11) is 0. The van der Waals surface area contributed by atoms with Crippen molar-refractivity contribution in [2.75, 3.05) is 13.1 Å². The van der Waals surface area contributed by atoms with Gasteiger partial charge >= 0.3 is 5.97 Å². The number of nitrogens with zero attached hydrogens (tertiary/aromatic N) is 2. The van der Waals surface area contributed by atoms with Gasteiger partial charge in [-0.15, -0.1) is 11.3 Å². The fourth-order valence-corrected chi connectivity index (χ4v) is 3.95. The Hall–Kier alpha value is -1.72. The minimum absolute atomic E-state index is 0.134. The molecule has 1 aliphatic rings. The molecule has 3 heterocycles. The second-order valence-electron chi connectivity index (χ2n) is 5.77. The van der Waals surface area contributed by atoms with E-state index in [-0.39, 0.29) is 12.0 Å². The number of piperidine rings is 1. The molecule has 116 valence electrons. The number of rotatable bonds is 4. The maximum absolute atomic E-state index is 11.1. The molecular formula is C17H20N2O2S. The van der Waals surface area contributed by atoms with Crippen LogP contribution in [0.15, 0.2) is 35.7 Å². The largest absolute Gasteiger partial charge is 0.481 e. The van der Waals surface area contributed by atoms with Crippen LogP contribution in [-0.2, 0) is 4.79 Å². The molecule has 0 aromatic carbocycles. The van der Waals surface area contributed by atoms with Crippen LogP contribution in [0.4, 0.5) is 0 Å². The molecule has 0 bridgehead atoms. The molecule has 0 saturated carbocycles. The van der Waals surface area contributed by atoms with E-state index in [0.29, 0.717) is 12.8 Å². The van der Waals surface area contributed by atoms with E-state index >= 15 is 0 Å². The van der Waals surface area contributed by atoms with Crippen LogP contribution in [0.25, 0.3) is 0 Å². The smallest absolute Gasteiger partial charge is 0.306 e. The lowest BCUT2D eigenvalue weighted by atomic mass is 9.95. The summed E-state index contributed by atoms with van der Waals surface area (Å²) in [6, 6.07) is 10.5. The fourth-order valence-electron chi connectivity index (χ4n) is 3.08. The molecule has 1 fully saturated rings. The number of aliphatic carboxylic acids is 1. The molecule has 1 unspecified atom stereocenters. The summed E-state index contributed by atoms with van der Waals surface area (Å²) < 4.78 is 0. The first-order valence-corrected chi connectivity index (χ1v) is 8.47. The second kappa shape index (κ2) is 6.58. The summed E-state index contributed by atoms with van der Waals surface area (Å²) in [5.74, 6) is -0.869. The van der Waals surface area contributed by atoms with Crippen LogP contribution in [0.2, 0.25) is 0 Å². The lowest BCUT2D eigenvalue weighted by molar-refractivity contribution is -0.143. The number of thiophene rings is 1. The molecule has 3 rings (SSSR count). The molecule has 1 saturated heterocycles. The number of aryl methyl sites for hydroxylation is 1. The average Bonchev–Trinajstić information content (AvgIpc) is 3.02. The lowest BCUT2D eigenvalue weighted by Gasteiger charge is -2.35. The van der Waals surface area contributed by atoms with Crippen LogP contribution in [-0.4, -0.2) is 34.0 Å². The number of carboxylic acid groups (broad SMARTS) is 1. The Morgan fingerprint density at radius 2 is 2.09 bits per heavy atom. The SMILES string of the molecule is Cc1cccc(C(c2cccs2)N2CCC(C(=O)O)CC2)n1. The van der Waals surface area contributed by atoms with E-state index in [4.69, 9.17) is 4.98 Å². The van der Waals surface area contributed by atoms with Gasteiger partial charge in [0.15, 0.2) is 0 Å². The van der Waals surface area contributed by atoms with Gasteiger partial charge in [-0.2, -0.15) is 0 Å². The van der Waals surface area contributed by atoms with Gasteiger partial charge in [0.1, 0.15) is 0 Å². The molecule has 1 N–H and O–H groups in total. The van der Waals surface area contributed by atoms with Crippen LogP contribution in [0.5, 0.6) is 0 Å². The van der Waals surface area contributed by atoms with Crippen molar-refractivity contribution in [1.29, 1.82) is 0 Å². The highest BCUT2D eigenvalue weighted by Gasteiger charge is 2.31. The highest BCUT2D eigenvalue weighted by molar-refractivity contribution is 7.10. The summed E-state index contributed by atoms with van der Waals surface area (Å²) in [5, 5.41) is 11.3. The molecule has 0 spiro atoms. The number of hydrogen-bond donors (Lipinski definition) is 1. The number of carbonyl (C=O) groups is 1. The van der Waals surface area contributed by atoms with Gasteiger partial charge in [0.25, 0.3) is 0 Å². The van der Waals surface area contributed by atoms with Gasteiger partial charge in [0, 0.05) is 10.6 Å². The van der Waals surface area contributed by atoms with Gasteiger partial charge < -0.3 is 5.11 Å².